The number of hydrogen-bond donors (Lipinski definition) is 1. The highest BCUT2D eigenvalue weighted by Crippen LogP contribution is 2.35. The van der Waals surface area contributed by atoms with Gasteiger partial charge in [0.25, 0.3) is 0 Å². The van der Waals surface area contributed by atoms with Crippen molar-refractivity contribution in [1.29, 1.82) is 0 Å². The lowest BCUT2D eigenvalue weighted by Gasteiger charge is -2.18. The third kappa shape index (κ3) is 5.82. The predicted octanol–water partition coefficient (Wildman–Crippen LogP) is 4.51. The molecule has 0 atom stereocenters. The fourth-order valence-corrected chi connectivity index (χ4v) is 5.35. The van der Waals surface area contributed by atoms with Gasteiger partial charge in [-0.05, 0) is 31.9 Å². The van der Waals surface area contributed by atoms with Crippen molar-refractivity contribution in [3.8, 4) is 5.75 Å². The largest absolute Gasteiger partial charge is 0.486 e. The smallest absolute Gasteiger partial charge is 0.236 e. The standard InChI is InChI=1S/C21H26N6O2S2/c1-2-27-17(13-29-16-11-7-4-8-12-16)23-26-21(27)30-14-18(28)22-20-25-24-19(31-20)15-9-5-3-6-10-15/h4,7-8,11-12,15H,2-3,5-6,9-10,13-14H2,1H3,(H,22,25,28). The molecular formula is C21H26N6O2S2. The van der Waals surface area contributed by atoms with Crippen LogP contribution in [0.4, 0.5) is 5.13 Å². The minimum atomic E-state index is -0.121. The highest BCUT2D eigenvalue weighted by Gasteiger charge is 2.20. The number of nitrogens with zero attached hydrogens (tertiary/aromatic N) is 5. The lowest BCUT2D eigenvalue weighted by molar-refractivity contribution is -0.113. The molecule has 31 heavy (non-hydrogen) atoms. The van der Waals surface area contributed by atoms with Gasteiger partial charge in [-0.1, -0.05) is 60.6 Å². The van der Waals surface area contributed by atoms with E-state index in [2.05, 4.69) is 25.7 Å². The maximum Gasteiger partial charge on any atom is 0.236 e. The normalized spacial score (nSPS) is 14.5. The monoisotopic (exact) mass is 458 g/mol. The van der Waals surface area contributed by atoms with Crippen LogP contribution in [0, 0.1) is 0 Å². The van der Waals surface area contributed by atoms with Crippen LogP contribution in [-0.2, 0) is 17.9 Å². The molecule has 0 aliphatic heterocycles. The van der Waals surface area contributed by atoms with Crippen LogP contribution in [0.25, 0.3) is 0 Å². The van der Waals surface area contributed by atoms with Gasteiger partial charge >= 0.3 is 0 Å². The van der Waals surface area contributed by atoms with Crippen LogP contribution in [0.5, 0.6) is 5.75 Å². The van der Waals surface area contributed by atoms with E-state index >= 15 is 0 Å². The zero-order valence-corrected chi connectivity index (χ0v) is 19.1. The highest BCUT2D eigenvalue weighted by atomic mass is 32.2. The van der Waals surface area contributed by atoms with Crippen molar-refractivity contribution >= 4 is 34.1 Å². The van der Waals surface area contributed by atoms with Crippen molar-refractivity contribution in [2.24, 2.45) is 0 Å². The number of ether oxygens (including phenoxy) is 1. The van der Waals surface area contributed by atoms with Crippen LogP contribution in [0.2, 0.25) is 0 Å². The topological polar surface area (TPSA) is 94.8 Å². The Hall–Kier alpha value is -2.46. The summed E-state index contributed by atoms with van der Waals surface area (Å²) in [5.41, 5.74) is 0. The summed E-state index contributed by atoms with van der Waals surface area (Å²) in [6, 6.07) is 9.60. The molecule has 10 heteroatoms. The molecule has 1 aromatic carbocycles. The van der Waals surface area contributed by atoms with E-state index in [0.717, 1.165) is 16.6 Å². The number of carbonyl (C=O) groups excluding carboxylic acids is 1. The highest BCUT2D eigenvalue weighted by molar-refractivity contribution is 7.99. The number of benzene rings is 1. The quantitative estimate of drug-likeness (QED) is 0.472. The molecule has 0 saturated heterocycles. The Morgan fingerprint density at radius 1 is 1.16 bits per heavy atom. The van der Waals surface area contributed by atoms with E-state index in [-0.39, 0.29) is 11.7 Å². The lowest BCUT2D eigenvalue weighted by Crippen LogP contribution is -2.14. The van der Waals surface area contributed by atoms with E-state index in [1.54, 1.807) is 0 Å². The molecule has 2 aromatic heterocycles. The van der Waals surface area contributed by atoms with Gasteiger partial charge in [-0.3, -0.25) is 10.1 Å². The SMILES string of the molecule is CCn1c(COc2ccccc2)nnc1SCC(=O)Nc1nnc(C2CCCCC2)s1. The number of aromatic nitrogens is 5. The van der Waals surface area contributed by atoms with Crippen molar-refractivity contribution in [3.05, 3.63) is 41.2 Å². The van der Waals surface area contributed by atoms with Crippen LogP contribution in [0.1, 0.15) is 55.8 Å². The maximum atomic E-state index is 12.4. The minimum absolute atomic E-state index is 0.121. The van der Waals surface area contributed by atoms with E-state index in [1.165, 1.54) is 55.2 Å². The third-order valence-corrected chi connectivity index (χ3v) is 7.16. The van der Waals surface area contributed by atoms with Gasteiger partial charge < -0.3 is 9.30 Å². The van der Waals surface area contributed by atoms with Crippen molar-refractivity contribution in [2.75, 3.05) is 11.1 Å². The molecule has 3 aromatic rings. The number of rotatable bonds is 9. The first kappa shape index (κ1) is 21.8. The Kier molecular flexibility index (Phi) is 7.52. The van der Waals surface area contributed by atoms with Crippen LogP contribution >= 0.6 is 23.1 Å². The molecule has 0 unspecified atom stereocenters. The Bertz CT molecular complexity index is 985. The van der Waals surface area contributed by atoms with Gasteiger partial charge in [0, 0.05) is 12.5 Å². The summed E-state index contributed by atoms with van der Waals surface area (Å²) in [5.74, 6) is 2.12. The first-order chi connectivity index (χ1) is 15.2. The Morgan fingerprint density at radius 3 is 2.74 bits per heavy atom. The molecular weight excluding hydrogens is 432 g/mol. The van der Waals surface area contributed by atoms with E-state index in [4.69, 9.17) is 4.74 Å². The molecule has 1 N–H and O–H groups in total. The molecule has 1 aliphatic rings. The van der Waals surface area contributed by atoms with Crippen molar-refractivity contribution < 1.29 is 9.53 Å². The third-order valence-electron chi connectivity index (χ3n) is 5.19. The van der Waals surface area contributed by atoms with Crippen LogP contribution < -0.4 is 10.1 Å². The minimum Gasteiger partial charge on any atom is -0.486 e. The van der Waals surface area contributed by atoms with Gasteiger partial charge in [0.15, 0.2) is 11.0 Å². The number of nitrogens with one attached hydrogen (secondary N) is 1. The summed E-state index contributed by atoms with van der Waals surface area (Å²) in [6.07, 6.45) is 6.14. The Labute approximate surface area is 189 Å². The predicted molar refractivity (Wildman–Crippen MR) is 122 cm³/mol. The molecule has 0 spiro atoms. The number of amides is 1. The molecule has 1 amide bonds. The molecule has 8 nitrogen and oxygen atoms in total. The number of anilines is 1. The van der Waals surface area contributed by atoms with Crippen LogP contribution in [-0.4, -0.2) is 36.6 Å². The second-order valence-corrected chi connectivity index (χ2v) is 9.31. The zero-order valence-electron chi connectivity index (χ0n) is 17.5. The zero-order chi connectivity index (χ0) is 21.5. The van der Waals surface area contributed by atoms with E-state index in [1.807, 2.05) is 41.8 Å². The number of thioether (sulfide) groups is 1. The van der Waals surface area contributed by atoms with Gasteiger partial charge in [-0.25, -0.2) is 0 Å². The number of hydrogen-bond acceptors (Lipinski definition) is 8. The van der Waals surface area contributed by atoms with Crippen molar-refractivity contribution in [2.45, 2.75) is 63.3 Å². The lowest BCUT2D eigenvalue weighted by atomic mass is 9.90. The summed E-state index contributed by atoms with van der Waals surface area (Å²) >= 11 is 2.85. The molecule has 1 aliphatic carbocycles. The number of para-hydroxylation sites is 1. The van der Waals surface area contributed by atoms with Gasteiger partial charge in [-0.15, -0.1) is 20.4 Å². The summed E-state index contributed by atoms with van der Waals surface area (Å²) < 4.78 is 7.74. The Morgan fingerprint density at radius 2 is 1.97 bits per heavy atom. The van der Waals surface area contributed by atoms with Crippen LogP contribution in [0.3, 0.4) is 0 Å². The molecule has 4 rings (SSSR count). The summed E-state index contributed by atoms with van der Waals surface area (Å²) in [5, 5.41) is 22.1. The van der Waals surface area contributed by atoms with Crippen molar-refractivity contribution in [3.63, 3.8) is 0 Å². The first-order valence-corrected chi connectivity index (χ1v) is 12.4. The first-order valence-electron chi connectivity index (χ1n) is 10.6. The van der Waals surface area contributed by atoms with E-state index in [9.17, 15) is 4.79 Å². The van der Waals surface area contributed by atoms with E-state index < -0.39 is 0 Å². The molecule has 1 saturated carbocycles. The van der Waals surface area contributed by atoms with Gasteiger partial charge in [-0.2, -0.15) is 0 Å². The molecule has 2 heterocycles. The molecule has 1 fully saturated rings. The van der Waals surface area contributed by atoms with Gasteiger partial charge in [0.05, 0.1) is 5.75 Å². The van der Waals surface area contributed by atoms with Gasteiger partial charge in [0.2, 0.25) is 11.0 Å². The molecule has 164 valence electrons. The summed E-state index contributed by atoms with van der Waals surface area (Å²) in [7, 11) is 0. The average Bonchev–Trinajstić information content (AvgIpc) is 3.44. The maximum absolute atomic E-state index is 12.4. The second-order valence-electron chi connectivity index (χ2n) is 7.36. The average molecular weight is 459 g/mol. The summed E-state index contributed by atoms with van der Waals surface area (Å²) in [4.78, 5) is 12.4. The summed E-state index contributed by atoms with van der Waals surface area (Å²) in [6.45, 7) is 3.05. The second kappa shape index (κ2) is 10.7. The fourth-order valence-electron chi connectivity index (χ4n) is 3.60. The van der Waals surface area contributed by atoms with Crippen molar-refractivity contribution in [1.82, 2.24) is 25.0 Å². The van der Waals surface area contributed by atoms with Gasteiger partial charge in [0.1, 0.15) is 17.4 Å². The fraction of sp³-hybridized carbons (Fsp3) is 0.476. The molecule has 0 radical (unpaired) electrons. The Balaban J connectivity index is 1.29. The van der Waals surface area contributed by atoms with E-state index in [0.29, 0.717) is 29.4 Å². The number of carbonyl (C=O) groups is 1. The van der Waals surface area contributed by atoms with Crippen LogP contribution in [0.15, 0.2) is 35.5 Å². The molecule has 0 bridgehead atoms.